The minimum Gasteiger partial charge on any atom is -0.368 e. The Balaban J connectivity index is 1.97. The third-order valence-electron chi connectivity index (χ3n) is 3.50. The first-order chi connectivity index (χ1) is 9.49. The van der Waals surface area contributed by atoms with E-state index >= 15 is 0 Å². The van der Waals surface area contributed by atoms with Crippen LogP contribution in [0.5, 0.6) is 0 Å². The number of hydrogen-bond donors (Lipinski definition) is 2. The van der Waals surface area contributed by atoms with E-state index in [4.69, 9.17) is 11.5 Å². The molecule has 1 aromatic rings. The number of piperazine rings is 1. The Morgan fingerprint density at radius 1 is 1.10 bits per heavy atom. The molecule has 0 saturated carbocycles. The largest absolute Gasteiger partial charge is 0.368 e. The molecular weight excluding hydrogens is 256 g/mol. The van der Waals surface area contributed by atoms with Crippen LogP contribution >= 0.6 is 0 Å². The molecule has 6 heteroatoms. The van der Waals surface area contributed by atoms with E-state index < -0.39 is 11.9 Å². The van der Waals surface area contributed by atoms with Gasteiger partial charge in [0.25, 0.3) is 0 Å². The van der Waals surface area contributed by atoms with Gasteiger partial charge >= 0.3 is 0 Å². The highest BCUT2D eigenvalue weighted by atomic mass is 16.2. The van der Waals surface area contributed by atoms with E-state index in [1.165, 1.54) is 0 Å². The molecule has 20 heavy (non-hydrogen) atoms. The molecule has 108 valence electrons. The summed E-state index contributed by atoms with van der Waals surface area (Å²) < 4.78 is 0. The topological polar surface area (TPSA) is 92.7 Å². The molecule has 4 N–H and O–H groups in total. The minimum absolute atomic E-state index is 0.00581. The van der Waals surface area contributed by atoms with Gasteiger partial charge in [-0.1, -0.05) is 0 Å². The second-order valence-corrected chi connectivity index (χ2v) is 5.01. The molecule has 2 rings (SSSR count). The monoisotopic (exact) mass is 276 g/mol. The fourth-order valence-corrected chi connectivity index (χ4v) is 2.31. The van der Waals surface area contributed by atoms with Crippen LogP contribution < -0.4 is 16.4 Å². The van der Waals surface area contributed by atoms with Crippen molar-refractivity contribution in [3.8, 4) is 0 Å². The molecule has 0 radical (unpaired) electrons. The van der Waals surface area contributed by atoms with Gasteiger partial charge in [0.2, 0.25) is 11.8 Å². The highest BCUT2D eigenvalue weighted by molar-refractivity contribution is 5.93. The van der Waals surface area contributed by atoms with Crippen molar-refractivity contribution >= 4 is 17.5 Å². The van der Waals surface area contributed by atoms with Gasteiger partial charge in [-0.25, -0.2) is 0 Å². The molecule has 6 nitrogen and oxygen atoms in total. The van der Waals surface area contributed by atoms with Crippen LogP contribution in [-0.4, -0.2) is 48.9 Å². The van der Waals surface area contributed by atoms with Crippen LogP contribution in [0, 0.1) is 0 Å². The van der Waals surface area contributed by atoms with Gasteiger partial charge in [0, 0.05) is 37.4 Å². The minimum atomic E-state index is -0.448. The Morgan fingerprint density at radius 2 is 1.65 bits per heavy atom. The van der Waals surface area contributed by atoms with Gasteiger partial charge in [0.15, 0.2) is 0 Å². The van der Waals surface area contributed by atoms with Crippen molar-refractivity contribution in [2.45, 2.75) is 13.0 Å². The lowest BCUT2D eigenvalue weighted by Crippen LogP contribution is -2.52. The number of nitrogens with zero attached hydrogens (tertiary/aromatic N) is 2. The highest BCUT2D eigenvalue weighted by Gasteiger charge is 2.23. The zero-order valence-electron chi connectivity index (χ0n) is 11.6. The second kappa shape index (κ2) is 5.92. The van der Waals surface area contributed by atoms with Gasteiger partial charge in [0.1, 0.15) is 0 Å². The van der Waals surface area contributed by atoms with Gasteiger partial charge in [-0.15, -0.1) is 0 Å². The lowest BCUT2D eigenvalue weighted by atomic mass is 10.1. The molecule has 0 spiro atoms. The number of anilines is 1. The normalized spacial score (nSPS) is 16.9. The van der Waals surface area contributed by atoms with Gasteiger partial charge in [0.05, 0.1) is 6.04 Å². The number of hydrogen-bond acceptors (Lipinski definition) is 4. The zero-order chi connectivity index (χ0) is 14.7. The van der Waals surface area contributed by atoms with E-state index in [9.17, 15) is 9.59 Å². The lowest BCUT2D eigenvalue weighted by Gasteiger charge is -2.36. The summed E-state index contributed by atoms with van der Waals surface area (Å²) in [5.41, 5.74) is 12.4. The standard InChI is InChI=1S/C14H20N4O2/c1-10(15)14(20)18-8-6-17(7-9-18)12-4-2-11(3-5-12)13(16)19/h2-5,10H,6-9,15H2,1H3,(H2,16,19)/t10-/m1/s1. The van der Waals surface area contributed by atoms with Gasteiger partial charge in [-0.05, 0) is 31.2 Å². The first-order valence-corrected chi connectivity index (χ1v) is 6.68. The third-order valence-corrected chi connectivity index (χ3v) is 3.50. The Kier molecular flexibility index (Phi) is 4.24. The SMILES string of the molecule is C[C@@H](N)C(=O)N1CCN(c2ccc(C(N)=O)cc2)CC1. The predicted octanol–water partition coefficient (Wildman–Crippen LogP) is -0.219. The number of rotatable bonds is 3. The summed E-state index contributed by atoms with van der Waals surface area (Å²) >= 11 is 0. The summed E-state index contributed by atoms with van der Waals surface area (Å²) in [5.74, 6) is -0.433. The van der Waals surface area contributed by atoms with Crippen LogP contribution in [-0.2, 0) is 4.79 Å². The smallest absolute Gasteiger partial charge is 0.248 e. The fourth-order valence-electron chi connectivity index (χ4n) is 2.31. The first-order valence-electron chi connectivity index (χ1n) is 6.68. The highest BCUT2D eigenvalue weighted by Crippen LogP contribution is 2.17. The van der Waals surface area contributed by atoms with E-state index in [1.807, 2.05) is 12.1 Å². The van der Waals surface area contributed by atoms with E-state index in [-0.39, 0.29) is 5.91 Å². The summed E-state index contributed by atoms with van der Waals surface area (Å²) in [6.07, 6.45) is 0. The number of benzene rings is 1. The van der Waals surface area contributed by atoms with Gasteiger partial charge in [-0.2, -0.15) is 0 Å². The Labute approximate surface area is 118 Å². The average Bonchev–Trinajstić information content (AvgIpc) is 2.46. The summed E-state index contributed by atoms with van der Waals surface area (Å²) in [5, 5.41) is 0. The van der Waals surface area contributed by atoms with Crippen LogP contribution in [0.4, 0.5) is 5.69 Å². The molecule has 1 aliphatic rings. The molecule has 0 bridgehead atoms. The molecule has 1 atom stereocenters. The molecule has 2 amide bonds. The van der Waals surface area contributed by atoms with Gasteiger partial charge in [-0.3, -0.25) is 9.59 Å². The molecule has 1 aliphatic heterocycles. The predicted molar refractivity (Wildman–Crippen MR) is 77.4 cm³/mol. The third kappa shape index (κ3) is 3.08. The Morgan fingerprint density at radius 3 is 2.10 bits per heavy atom. The van der Waals surface area contributed by atoms with Crippen molar-refractivity contribution in [1.29, 1.82) is 0 Å². The number of carbonyl (C=O) groups is 2. The fraction of sp³-hybridized carbons (Fsp3) is 0.429. The average molecular weight is 276 g/mol. The van der Waals surface area contributed by atoms with Crippen molar-refractivity contribution in [2.24, 2.45) is 11.5 Å². The molecule has 0 aromatic heterocycles. The van der Waals surface area contributed by atoms with Crippen molar-refractivity contribution in [1.82, 2.24) is 4.90 Å². The molecule has 1 aromatic carbocycles. The van der Waals surface area contributed by atoms with E-state index in [2.05, 4.69) is 4.90 Å². The molecule has 1 saturated heterocycles. The first kappa shape index (κ1) is 14.3. The van der Waals surface area contributed by atoms with Crippen molar-refractivity contribution in [3.05, 3.63) is 29.8 Å². The number of nitrogens with two attached hydrogens (primary N) is 2. The molecule has 1 heterocycles. The van der Waals surface area contributed by atoms with E-state index in [0.717, 1.165) is 18.8 Å². The zero-order valence-corrected chi connectivity index (χ0v) is 11.6. The maximum absolute atomic E-state index is 11.8. The number of amides is 2. The summed E-state index contributed by atoms with van der Waals surface area (Å²) in [6, 6.07) is 6.75. The van der Waals surface area contributed by atoms with E-state index in [1.54, 1.807) is 24.0 Å². The summed E-state index contributed by atoms with van der Waals surface area (Å²) in [4.78, 5) is 26.8. The molecular formula is C14H20N4O2. The van der Waals surface area contributed by atoms with Crippen LogP contribution in [0.2, 0.25) is 0 Å². The quantitative estimate of drug-likeness (QED) is 0.798. The van der Waals surface area contributed by atoms with Crippen molar-refractivity contribution in [2.75, 3.05) is 31.1 Å². The second-order valence-electron chi connectivity index (χ2n) is 5.01. The molecule has 0 unspecified atom stereocenters. The van der Waals surface area contributed by atoms with Crippen molar-refractivity contribution in [3.63, 3.8) is 0 Å². The maximum atomic E-state index is 11.8. The Bertz CT molecular complexity index is 490. The van der Waals surface area contributed by atoms with Crippen LogP contribution in [0.3, 0.4) is 0 Å². The maximum Gasteiger partial charge on any atom is 0.248 e. The summed E-state index contributed by atoms with van der Waals surface area (Å²) in [7, 11) is 0. The van der Waals surface area contributed by atoms with Gasteiger partial charge < -0.3 is 21.3 Å². The Hall–Kier alpha value is -2.08. The molecule has 1 fully saturated rings. The number of primary amides is 1. The van der Waals surface area contributed by atoms with E-state index in [0.29, 0.717) is 18.7 Å². The summed E-state index contributed by atoms with van der Waals surface area (Å²) in [6.45, 7) is 4.55. The molecule has 0 aliphatic carbocycles. The van der Waals surface area contributed by atoms with Crippen molar-refractivity contribution < 1.29 is 9.59 Å². The van der Waals surface area contributed by atoms with Crippen LogP contribution in [0.25, 0.3) is 0 Å². The van der Waals surface area contributed by atoms with Crippen LogP contribution in [0.1, 0.15) is 17.3 Å². The van der Waals surface area contributed by atoms with Crippen LogP contribution in [0.15, 0.2) is 24.3 Å². The number of carbonyl (C=O) groups excluding carboxylic acids is 2. The lowest BCUT2D eigenvalue weighted by molar-refractivity contribution is -0.132.